The summed E-state index contributed by atoms with van der Waals surface area (Å²) in [5.74, 6) is -2.58. The van der Waals surface area contributed by atoms with Crippen LogP contribution in [0.5, 0.6) is 5.88 Å². The number of likely N-dealkylation sites (tertiary alicyclic amines) is 1. The van der Waals surface area contributed by atoms with Crippen molar-refractivity contribution in [3.63, 3.8) is 0 Å². The number of carbonyl (C=O) groups is 4. The fourth-order valence-corrected chi connectivity index (χ4v) is 6.46. The number of hydrogen-bond donors (Lipinski definition) is 3. The van der Waals surface area contributed by atoms with Crippen molar-refractivity contribution in [2.75, 3.05) is 6.54 Å². The van der Waals surface area contributed by atoms with Crippen molar-refractivity contribution < 1.29 is 33.8 Å². The molecular weight excluding hydrogens is 646 g/mol. The maximum absolute atomic E-state index is 14.4. The van der Waals surface area contributed by atoms with Crippen molar-refractivity contribution in [1.29, 1.82) is 0 Å². The number of nitrogens with one attached hydrogen (secondary N) is 2. The van der Waals surface area contributed by atoms with Crippen LogP contribution >= 0.6 is 11.3 Å². The standard InChI is InChI=1S/C36H43N5O7S/c1-8-22-18-36(22,32(44)45)40-29(42)27-17-23(19-41(27)31(43)28(34(2,3)4)39-33(46)48-35(5,6)7)47-30-26(14-13-21-15-16-49-20-21)37-24-11-9-10-12-25(24)38-30/h8-16,20,22-23,27-28H,1,17-19H2,2-7H3,(H,39,46)(H,40,42)(H,44,45)/b14-13+/t22-,23-,27+,28-,36?/m1/s1. The number of aromatic nitrogens is 2. The topological polar surface area (TPSA) is 160 Å². The largest absolute Gasteiger partial charge is 0.479 e. The molecule has 2 fully saturated rings. The highest BCUT2D eigenvalue weighted by Crippen LogP contribution is 2.45. The molecule has 5 atom stereocenters. The quantitative estimate of drug-likeness (QED) is 0.240. The van der Waals surface area contributed by atoms with E-state index in [1.54, 1.807) is 59.0 Å². The summed E-state index contributed by atoms with van der Waals surface area (Å²) >= 11 is 1.56. The van der Waals surface area contributed by atoms with Crippen molar-refractivity contribution in [2.45, 2.75) is 83.7 Å². The number of amides is 3. The molecule has 1 saturated heterocycles. The number of carboxylic acids is 1. The summed E-state index contributed by atoms with van der Waals surface area (Å²) in [5.41, 5.74) is -0.382. The summed E-state index contributed by atoms with van der Waals surface area (Å²) in [7, 11) is 0. The molecular formula is C36H43N5O7S. The summed E-state index contributed by atoms with van der Waals surface area (Å²) in [6.07, 6.45) is 3.93. The molecule has 3 N–H and O–H groups in total. The van der Waals surface area contributed by atoms with E-state index in [4.69, 9.17) is 19.4 Å². The molecule has 0 bridgehead atoms. The van der Waals surface area contributed by atoms with Crippen molar-refractivity contribution >= 4 is 58.4 Å². The highest BCUT2D eigenvalue weighted by molar-refractivity contribution is 7.08. The maximum Gasteiger partial charge on any atom is 0.408 e. The van der Waals surface area contributed by atoms with E-state index in [0.717, 1.165) is 5.56 Å². The monoisotopic (exact) mass is 689 g/mol. The fraction of sp³-hybridized carbons (Fsp3) is 0.444. The molecule has 1 aliphatic carbocycles. The van der Waals surface area contributed by atoms with Gasteiger partial charge in [-0.2, -0.15) is 11.3 Å². The van der Waals surface area contributed by atoms with E-state index in [1.165, 1.54) is 11.0 Å². The zero-order chi connectivity index (χ0) is 35.7. The highest BCUT2D eigenvalue weighted by Gasteiger charge is 2.61. The summed E-state index contributed by atoms with van der Waals surface area (Å²) in [5, 5.41) is 19.3. The number of rotatable bonds is 10. The van der Waals surface area contributed by atoms with Gasteiger partial charge in [-0.1, -0.05) is 45.1 Å². The Labute approximate surface area is 289 Å². The van der Waals surface area contributed by atoms with Crippen LogP contribution in [0.2, 0.25) is 0 Å². The lowest BCUT2D eigenvalue weighted by Gasteiger charge is -2.35. The molecule has 1 unspecified atom stereocenters. The van der Waals surface area contributed by atoms with Crippen LogP contribution in [0.1, 0.15) is 65.6 Å². The van der Waals surface area contributed by atoms with E-state index in [2.05, 4.69) is 17.2 Å². The van der Waals surface area contributed by atoms with Gasteiger partial charge >= 0.3 is 12.1 Å². The highest BCUT2D eigenvalue weighted by atomic mass is 32.1. The summed E-state index contributed by atoms with van der Waals surface area (Å²) in [6, 6.07) is 7.15. The van der Waals surface area contributed by atoms with Crippen LogP contribution in [0, 0.1) is 11.3 Å². The minimum absolute atomic E-state index is 0.0351. The van der Waals surface area contributed by atoms with Gasteiger partial charge in [-0.25, -0.2) is 19.6 Å². The van der Waals surface area contributed by atoms with Crippen molar-refractivity contribution in [3.05, 3.63) is 65.0 Å². The molecule has 49 heavy (non-hydrogen) atoms. The summed E-state index contributed by atoms with van der Waals surface area (Å²) < 4.78 is 11.9. The van der Waals surface area contributed by atoms with Gasteiger partial charge in [0.25, 0.3) is 0 Å². The second kappa shape index (κ2) is 13.6. The third-order valence-electron chi connectivity index (χ3n) is 8.47. The van der Waals surface area contributed by atoms with Crippen molar-refractivity contribution in [1.82, 2.24) is 25.5 Å². The minimum Gasteiger partial charge on any atom is -0.479 e. The molecule has 13 heteroatoms. The molecule has 1 saturated carbocycles. The average molecular weight is 690 g/mol. The molecule has 3 amide bonds. The lowest BCUT2D eigenvalue weighted by Crippen LogP contribution is -2.59. The third kappa shape index (κ3) is 8.10. The average Bonchev–Trinajstić information content (AvgIpc) is 3.30. The van der Waals surface area contributed by atoms with Gasteiger partial charge in [0.1, 0.15) is 35.0 Å². The molecule has 3 aromatic rings. The van der Waals surface area contributed by atoms with Gasteiger partial charge in [0.05, 0.1) is 17.6 Å². The Morgan fingerprint density at radius 3 is 2.35 bits per heavy atom. The molecule has 1 aliphatic heterocycles. The Kier molecular flexibility index (Phi) is 9.87. The van der Waals surface area contributed by atoms with E-state index >= 15 is 0 Å². The zero-order valence-electron chi connectivity index (χ0n) is 28.6. The lowest BCUT2D eigenvalue weighted by molar-refractivity contribution is -0.146. The van der Waals surface area contributed by atoms with Gasteiger partial charge in [-0.3, -0.25) is 9.59 Å². The van der Waals surface area contributed by atoms with E-state index in [-0.39, 0.29) is 25.3 Å². The number of thiophene rings is 1. The van der Waals surface area contributed by atoms with Crippen LogP contribution in [-0.2, 0) is 19.1 Å². The first-order valence-corrected chi connectivity index (χ1v) is 17.1. The molecule has 2 aliphatic rings. The minimum atomic E-state index is -1.51. The van der Waals surface area contributed by atoms with Gasteiger partial charge in [-0.15, -0.1) is 6.58 Å². The van der Waals surface area contributed by atoms with Crippen molar-refractivity contribution in [2.24, 2.45) is 11.3 Å². The molecule has 5 rings (SSSR count). The first-order valence-electron chi connectivity index (χ1n) is 16.1. The predicted molar refractivity (Wildman–Crippen MR) is 187 cm³/mol. The number of para-hydroxylation sites is 2. The lowest BCUT2D eigenvalue weighted by atomic mass is 9.85. The smallest absolute Gasteiger partial charge is 0.408 e. The number of aliphatic carboxylic acids is 1. The molecule has 260 valence electrons. The van der Waals surface area contributed by atoms with Gasteiger partial charge in [0, 0.05) is 12.3 Å². The number of alkyl carbamates (subject to hydrolysis) is 1. The van der Waals surface area contributed by atoms with E-state index in [9.17, 15) is 24.3 Å². The fourth-order valence-electron chi connectivity index (χ4n) is 5.83. The predicted octanol–water partition coefficient (Wildman–Crippen LogP) is 5.29. The summed E-state index contributed by atoms with van der Waals surface area (Å²) in [6.45, 7) is 14.2. The Morgan fingerprint density at radius 2 is 1.78 bits per heavy atom. The van der Waals surface area contributed by atoms with Crippen LogP contribution in [0.15, 0.2) is 53.7 Å². The first-order chi connectivity index (χ1) is 23.0. The number of nitrogens with zero attached hydrogens (tertiary/aromatic N) is 3. The Balaban J connectivity index is 1.47. The van der Waals surface area contributed by atoms with Gasteiger partial charge in [0.15, 0.2) is 0 Å². The second-order valence-corrected chi connectivity index (χ2v) is 15.3. The van der Waals surface area contributed by atoms with Crippen LogP contribution in [-0.4, -0.2) is 79.7 Å². The maximum atomic E-state index is 14.4. The molecule has 12 nitrogen and oxygen atoms in total. The molecule has 1 aromatic carbocycles. The normalized spacial score (nSPS) is 22.8. The Hall–Kier alpha value is -4.78. The zero-order valence-corrected chi connectivity index (χ0v) is 29.4. The Bertz CT molecular complexity index is 1780. The van der Waals surface area contributed by atoms with E-state index in [0.29, 0.717) is 16.7 Å². The number of carboxylic acid groups (broad SMARTS) is 1. The van der Waals surface area contributed by atoms with E-state index < -0.39 is 64.5 Å². The molecule has 2 aromatic heterocycles. The summed E-state index contributed by atoms with van der Waals surface area (Å²) in [4.78, 5) is 64.3. The van der Waals surface area contributed by atoms with Gasteiger partial charge in [-0.05, 0) is 73.2 Å². The molecule has 0 spiro atoms. The first kappa shape index (κ1) is 35.5. The van der Waals surface area contributed by atoms with Crippen molar-refractivity contribution in [3.8, 4) is 5.88 Å². The number of hydrogen-bond acceptors (Lipinski definition) is 9. The van der Waals surface area contributed by atoms with Crippen LogP contribution in [0.3, 0.4) is 0 Å². The van der Waals surface area contributed by atoms with Crippen LogP contribution < -0.4 is 15.4 Å². The van der Waals surface area contributed by atoms with Gasteiger partial charge in [0.2, 0.25) is 17.7 Å². The second-order valence-electron chi connectivity index (χ2n) is 14.5. The number of ether oxygens (including phenoxy) is 2. The Morgan fingerprint density at radius 1 is 1.08 bits per heavy atom. The molecule has 0 radical (unpaired) electrons. The number of fused-ring (bicyclic) bond motifs is 1. The number of benzene rings is 1. The SMILES string of the molecule is C=C[C@@H]1CC1(NC(=O)[C@@H]1C[C@@H](Oc2nc3ccccc3nc2/C=C/c2ccsc2)CN1C(=O)[C@@H](NC(=O)OC(C)(C)C)C(C)(C)C)C(=O)O. The number of carbonyl (C=O) groups excluding carboxylic acids is 3. The van der Waals surface area contributed by atoms with Crippen LogP contribution in [0.25, 0.3) is 23.2 Å². The van der Waals surface area contributed by atoms with Crippen LogP contribution in [0.4, 0.5) is 4.79 Å². The third-order valence-corrected chi connectivity index (χ3v) is 9.17. The van der Waals surface area contributed by atoms with Gasteiger partial charge < -0.3 is 30.1 Å². The molecule has 3 heterocycles. The van der Waals surface area contributed by atoms with E-state index in [1.807, 2.05) is 47.2 Å².